The topological polar surface area (TPSA) is 27.1 Å². The Hall–Kier alpha value is -3.07. The molecule has 0 aliphatic rings. The minimum atomic E-state index is 0.921. The summed E-state index contributed by atoms with van der Waals surface area (Å²) in [6.07, 6.45) is 12.8. The number of hydrogen-bond acceptors (Lipinski definition) is 2. The van der Waals surface area contributed by atoms with Crippen LogP contribution in [0, 0.1) is 0 Å². The molecule has 0 saturated heterocycles. The van der Waals surface area contributed by atoms with Crippen LogP contribution in [0.4, 0.5) is 0 Å². The fourth-order valence-electron chi connectivity index (χ4n) is 3.43. The van der Waals surface area contributed by atoms with E-state index in [1.165, 1.54) is 40.4 Å². The molecule has 0 N–H and O–H groups in total. The highest BCUT2D eigenvalue weighted by atomic mass is 16.5. The lowest BCUT2D eigenvalue weighted by atomic mass is 10.1. The monoisotopic (exact) mass is 356 g/mol. The summed E-state index contributed by atoms with van der Waals surface area (Å²) in [7, 11) is 1.70. The van der Waals surface area contributed by atoms with Crippen molar-refractivity contribution in [1.29, 1.82) is 0 Å². The van der Waals surface area contributed by atoms with Gasteiger partial charge in [0.05, 0.1) is 7.11 Å². The molecule has 0 aliphatic heterocycles. The summed E-state index contributed by atoms with van der Waals surface area (Å²) in [6.45, 7) is 0. The molecule has 0 amide bonds. The highest BCUT2D eigenvalue weighted by Crippen LogP contribution is 2.19. The van der Waals surface area contributed by atoms with Crippen molar-refractivity contribution in [2.24, 2.45) is 0 Å². The first-order valence-corrected chi connectivity index (χ1v) is 9.46. The minimum Gasteiger partial charge on any atom is -0.497 e. The second-order valence-corrected chi connectivity index (χ2v) is 6.89. The number of aryl methyl sites for hydroxylation is 2. The van der Waals surface area contributed by atoms with Crippen molar-refractivity contribution in [1.82, 2.24) is 9.55 Å². The van der Waals surface area contributed by atoms with Crippen molar-refractivity contribution in [3.8, 4) is 11.4 Å². The molecule has 0 bridgehead atoms. The number of pyridine rings is 1. The number of hydrogen-bond donors (Lipinski definition) is 0. The van der Waals surface area contributed by atoms with Gasteiger partial charge in [-0.05, 0) is 78.6 Å². The van der Waals surface area contributed by atoms with Gasteiger partial charge in [0.25, 0.3) is 0 Å². The number of aromatic nitrogens is 2. The Labute approximate surface area is 160 Å². The summed E-state index contributed by atoms with van der Waals surface area (Å²) in [6, 6.07) is 19.2. The van der Waals surface area contributed by atoms with Gasteiger partial charge in [0.15, 0.2) is 0 Å². The Morgan fingerprint density at radius 3 is 2.48 bits per heavy atom. The van der Waals surface area contributed by atoms with Crippen LogP contribution in [0.3, 0.4) is 0 Å². The molecule has 0 unspecified atom stereocenters. The average molecular weight is 356 g/mol. The van der Waals surface area contributed by atoms with Crippen LogP contribution in [0.25, 0.3) is 16.5 Å². The second kappa shape index (κ2) is 8.09. The lowest BCUT2D eigenvalue weighted by molar-refractivity contribution is 0.414. The van der Waals surface area contributed by atoms with Gasteiger partial charge in [-0.1, -0.05) is 18.2 Å². The summed E-state index contributed by atoms with van der Waals surface area (Å²) in [5.74, 6) is 0.921. The third-order valence-corrected chi connectivity index (χ3v) is 5.02. The first kappa shape index (κ1) is 17.3. The van der Waals surface area contributed by atoms with E-state index in [2.05, 4.69) is 64.4 Å². The number of benzene rings is 2. The molecule has 2 heterocycles. The molecular formula is C24H24N2O. The Kier molecular flexibility index (Phi) is 5.20. The third kappa shape index (κ3) is 4.20. The molecule has 0 spiro atoms. The van der Waals surface area contributed by atoms with Crippen LogP contribution in [0.5, 0.6) is 5.75 Å². The number of unbranched alkanes of at least 4 members (excludes halogenated alkanes) is 1. The van der Waals surface area contributed by atoms with Crippen LogP contribution in [0.2, 0.25) is 0 Å². The SMILES string of the molecule is COc1ccc(CCCCc2ccn(-c3ccc4cnccc4c3)c2)cc1. The third-order valence-electron chi connectivity index (χ3n) is 5.02. The number of methoxy groups -OCH3 is 1. The molecule has 0 fully saturated rings. The first-order valence-electron chi connectivity index (χ1n) is 9.46. The zero-order chi connectivity index (χ0) is 18.5. The van der Waals surface area contributed by atoms with Crippen LogP contribution in [-0.2, 0) is 12.8 Å². The number of ether oxygens (including phenoxy) is 1. The molecule has 136 valence electrons. The summed E-state index contributed by atoms with van der Waals surface area (Å²) in [5.41, 5.74) is 3.96. The summed E-state index contributed by atoms with van der Waals surface area (Å²) >= 11 is 0. The zero-order valence-corrected chi connectivity index (χ0v) is 15.6. The Bertz CT molecular complexity index is 1020. The van der Waals surface area contributed by atoms with E-state index in [1.807, 2.05) is 24.5 Å². The smallest absolute Gasteiger partial charge is 0.118 e. The molecule has 0 atom stereocenters. The van der Waals surface area contributed by atoms with Crippen molar-refractivity contribution in [3.05, 3.63) is 90.5 Å². The van der Waals surface area contributed by atoms with Gasteiger partial charge < -0.3 is 9.30 Å². The predicted octanol–water partition coefficient (Wildman–Crippen LogP) is 5.60. The molecule has 2 aromatic heterocycles. The van der Waals surface area contributed by atoms with Gasteiger partial charge in [0.2, 0.25) is 0 Å². The van der Waals surface area contributed by atoms with E-state index in [9.17, 15) is 0 Å². The van der Waals surface area contributed by atoms with E-state index >= 15 is 0 Å². The fourth-order valence-corrected chi connectivity index (χ4v) is 3.43. The molecule has 3 nitrogen and oxygen atoms in total. The van der Waals surface area contributed by atoms with Gasteiger partial charge in [0.1, 0.15) is 5.75 Å². The molecule has 0 aliphatic carbocycles. The first-order chi connectivity index (χ1) is 13.3. The molecule has 4 aromatic rings. The van der Waals surface area contributed by atoms with Gasteiger partial charge in [-0.15, -0.1) is 0 Å². The molecule has 27 heavy (non-hydrogen) atoms. The van der Waals surface area contributed by atoms with E-state index in [1.54, 1.807) is 7.11 Å². The van der Waals surface area contributed by atoms with E-state index < -0.39 is 0 Å². The van der Waals surface area contributed by atoms with Crippen LogP contribution in [0.15, 0.2) is 79.4 Å². The minimum absolute atomic E-state index is 0.921. The Morgan fingerprint density at radius 1 is 0.852 bits per heavy atom. The van der Waals surface area contributed by atoms with Gasteiger partial charge >= 0.3 is 0 Å². The zero-order valence-electron chi connectivity index (χ0n) is 15.6. The van der Waals surface area contributed by atoms with Crippen molar-refractivity contribution < 1.29 is 4.74 Å². The molecule has 4 rings (SSSR count). The summed E-state index contributed by atoms with van der Waals surface area (Å²) < 4.78 is 7.42. The molecule has 0 saturated carbocycles. The van der Waals surface area contributed by atoms with E-state index in [0.717, 1.165) is 18.6 Å². The van der Waals surface area contributed by atoms with Crippen molar-refractivity contribution in [2.45, 2.75) is 25.7 Å². The summed E-state index contributed by atoms with van der Waals surface area (Å²) in [5, 5.41) is 2.39. The van der Waals surface area contributed by atoms with Crippen molar-refractivity contribution in [2.75, 3.05) is 7.11 Å². The lowest BCUT2D eigenvalue weighted by Crippen LogP contribution is -1.91. The Morgan fingerprint density at radius 2 is 1.67 bits per heavy atom. The van der Waals surface area contributed by atoms with Gasteiger partial charge in [-0.3, -0.25) is 4.98 Å². The maximum absolute atomic E-state index is 5.21. The molecule has 3 heteroatoms. The largest absolute Gasteiger partial charge is 0.497 e. The average Bonchev–Trinajstić information content (AvgIpc) is 3.20. The van der Waals surface area contributed by atoms with Gasteiger partial charge in [-0.25, -0.2) is 0 Å². The predicted molar refractivity (Wildman–Crippen MR) is 111 cm³/mol. The molecular weight excluding hydrogens is 332 g/mol. The normalized spacial score (nSPS) is 11.0. The number of nitrogens with zero attached hydrogens (tertiary/aromatic N) is 2. The maximum atomic E-state index is 5.21. The maximum Gasteiger partial charge on any atom is 0.118 e. The quantitative estimate of drug-likeness (QED) is 0.403. The van der Waals surface area contributed by atoms with Crippen LogP contribution >= 0.6 is 0 Å². The van der Waals surface area contributed by atoms with Crippen LogP contribution < -0.4 is 4.74 Å². The van der Waals surface area contributed by atoms with Gasteiger partial charge in [-0.2, -0.15) is 0 Å². The number of fused-ring (bicyclic) bond motifs is 1. The molecule has 0 radical (unpaired) electrons. The fraction of sp³-hybridized carbons (Fsp3) is 0.208. The number of rotatable bonds is 7. The molecule has 2 aromatic carbocycles. The van der Waals surface area contributed by atoms with Crippen LogP contribution in [-0.4, -0.2) is 16.7 Å². The van der Waals surface area contributed by atoms with E-state index in [-0.39, 0.29) is 0 Å². The van der Waals surface area contributed by atoms with E-state index in [0.29, 0.717) is 0 Å². The highest BCUT2D eigenvalue weighted by molar-refractivity contribution is 5.83. The van der Waals surface area contributed by atoms with Crippen molar-refractivity contribution >= 4 is 10.8 Å². The highest BCUT2D eigenvalue weighted by Gasteiger charge is 2.02. The second-order valence-electron chi connectivity index (χ2n) is 6.89. The van der Waals surface area contributed by atoms with Crippen molar-refractivity contribution in [3.63, 3.8) is 0 Å². The standard InChI is InChI=1S/C24H24N2O/c1-27-24-10-6-19(7-11-24)4-2-3-5-20-13-15-26(18-20)23-9-8-22-17-25-14-12-21(22)16-23/h6-18H,2-5H2,1H3. The summed E-state index contributed by atoms with van der Waals surface area (Å²) in [4.78, 5) is 4.18. The van der Waals surface area contributed by atoms with Crippen LogP contribution in [0.1, 0.15) is 24.0 Å². The van der Waals surface area contributed by atoms with E-state index in [4.69, 9.17) is 4.74 Å². The van der Waals surface area contributed by atoms with Gasteiger partial charge in [0, 0.05) is 35.9 Å². The lowest BCUT2D eigenvalue weighted by Gasteiger charge is -2.05. The Balaban J connectivity index is 1.33.